The quantitative estimate of drug-likeness (QED) is 0.252. The maximum absolute atomic E-state index is 13.7. The maximum atomic E-state index is 13.7. The van der Waals surface area contributed by atoms with E-state index >= 15 is 0 Å². The largest absolute Gasteiger partial charge is 0.507 e. The number of phenols is 2. The molecule has 34 heavy (non-hydrogen) atoms. The molecular weight excluding hydrogens is 428 g/mol. The Morgan fingerprint density at radius 2 is 0.971 bits per heavy atom. The zero-order valence-electron chi connectivity index (χ0n) is 18.6. The molecule has 0 saturated carbocycles. The van der Waals surface area contributed by atoms with Gasteiger partial charge in [0.05, 0.1) is 33.6 Å². The van der Waals surface area contributed by atoms with Crippen LogP contribution in [0.3, 0.4) is 0 Å². The second kappa shape index (κ2) is 8.08. The number of rotatable bonds is 4. The lowest BCUT2D eigenvalue weighted by atomic mass is 9.81. The summed E-state index contributed by atoms with van der Waals surface area (Å²) in [7, 11) is 0. The van der Waals surface area contributed by atoms with Gasteiger partial charge in [-0.15, -0.1) is 0 Å². The Morgan fingerprint density at radius 3 is 1.35 bits per heavy atom. The molecule has 0 unspecified atom stereocenters. The lowest BCUT2D eigenvalue weighted by Gasteiger charge is -2.25. The van der Waals surface area contributed by atoms with Crippen molar-refractivity contribution in [3.05, 3.63) is 106 Å². The van der Waals surface area contributed by atoms with E-state index in [9.17, 15) is 19.8 Å². The van der Waals surface area contributed by atoms with Gasteiger partial charge in [0, 0.05) is 11.4 Å². The molecule has 5 rings (SSSR count). The van der Waals surface area contributed by atoms with Crippen molar-refractivity contribution in [1.82, 2.24) is 0 Å². The number of phenolic OH excluding ortho intramolecular Hbond substituents is 2. The summed E-state index contributed by atoms with van der Waals surface area (Å²) in [5.41, 5.74) is 4.33. The Hall–Kier alpha value is -4.58. The Bertz CT molecular complexity index is 1380. The number of fused-ring (bicyclic) bond motifs is 2. The number of aromatic hydroxyl groups is 2. The molecule has 0 heterocycles. The first-order valence-electron chi connectivity index (χ1n) is 10.8. The molecule has 0 fully saturated rings. The number of benzene rings is 4. The summed E-state index contributed by atoms with van der Waals surface area (Å²) < 4.78 is 0. The minimum atomic E-state index is -0.541. The molecule has 168 valence electrons. The number of nitrogens with one attached hydrogen (secondary N) is 2. The fourth-order valence-corrected chi connectivity index (χ4v) is 4.33. The zero-order chi connectivity index (χ0) is 24.0. The molecule has 4 N–H and O–H groups in total. The Balaban J connectivity index is 1.72. The summed E-state index contributed by atoms with van der Waals surface area (Å²) in [6.45, 7) is 3.92. The van der Waals surface area contributed by atoms with E-state index in [-0.39, 0.29) is 33.8 Å². The molecule has 0 spiro atoms. The third kappa shape index (κ3) is 3.55. The monoisotopic (exact) mass is 450 g/mol. The predicted molar refractivity (Wildman–Crippen MR) is 132 cm³/mol. The zero-order valence-corrected chi connectivity index (χ0v) is 18.6. The molecular formula is C28H22N2O4. The van der Waals surface area contributed by atoms with Crippen molar-refractivity contribution in [1.29, 1.82) is 0 Å². The molecule has 1 aliphatic carbocycles. The van der Waals surface area contributed by atoms with Gasteiger partial charge in [0.25, 0.3) is 0 Å². The highest BCUT2D eigenvalue weighted by atomic mass is 16.3. The molecule has 0 aromatic heterocycles. The van der Waals surface area contributed by atoms with Gasteiger partial charge >= 0.3 is 0 Å². The molecule has 6 heteroatoms. The van der Waals surface area contributed by atoms with Crippen LogP contribution in [-0.4, -0.2) is 21.8 Å². The average molecular weight is 450 g/mol. The molecule has 0 bridgehead atoms. The van der Waals surface area contributed by atoms with Crippen LogP contribution in [-0.2, 0) is 0 Å². The van der Waals surface area contributed by atoms with E-state index in [1.165, 1.54) is 12.1 Å². The fourth-order valence-electron chi connectivity index (χ4n) is 4.33. The minimum Gasteiger partial charge on any atom is -0.507 e. The van der Waals surface area contributed by atoms with Gasteiger partial charge in [0.1, 0.15) is 11.5 Å². The number of ketones is 2. The first-order valence-corrected chi connectivity index (χ1v) is 10.8. The minimum absolute atomic E-state index is 0.137. The standard InChI is InChI=1S/C28H22N2O4/c1-15-5-3-7-17(13-15)29-19-9-10-20(30-18-8-4-6-16(2)14-18)24-23(19)27(33)25-21(31)11-12-22(32)26(25)28(24)34/h3-14,29-32H,1-2H3. The Labute approximate surface area is 196 Å². The number of carbonyl (C=O) groups excluding carboxylic acids is 2. The number of anilines is 4. The summed E-state index contributed by atoms with van der Waals surface area (Å²) >= 11 is 0. The van der Waals surface area contributed by atoms with Crippen LogP contribution < -0.4 is 10.6 Å². The van der Waals surface area contributed by atoms with Crippen LogP contribution in [0.4, 0.5) is 22.7 Å². The van der Waals surface area contributed by atoms with Crippen LogP contribution >= 0.6 is 0 Å². The highest BCUT2D eigenvalue weighted by Crippen LogP contribution is 2.43. The second-order valence-corrected chi connectivity index (χ2v) is 8.41. The summed E-state index contributed by atoms with van der Waals surface area (Å²) in [6, 6.07) is 21.2. The van der Waals surface area contributed by atoms with Crippen LogP contribution in [0.2, 0.25) is 0 Å². The van der Waals surface area contributed by atoms with Crippen molar-refractivity contribution in [3.8, 4) is 11.5 Å². The van der Waals surface area contributed by atoms with Gasteiger partial charge < -0.3 is 20.8 Å². The number of hydrogen-bond acceptors (Lipinski definition) is 6. The van der Waals surface area contributed by atoms with E-state index in [0.29, 0.717) is 11.4 Å². The third-order valence-electron chi connectivity index (χ3n) is 5.87. The first kappa shape index (κ1) is 21.3. The van der Waals surface area contributed by atoms with Crippen LogP contribution in [0.25, 0.3) is 0 Å². The van der Waals surface area contributed by atoms with E-state index in [4.69, 9.17) is 0 Å². The third-order valence-corrected chi connectivity index (χ3v) is 5.87. The molecule has 4 aromatic rings. The molecule has 0 atom stereocenters. The fraction of sp³-hybridized carbons (Fsp3) is 0.0714. The van der Waals surface area contributed by atoms with E-state index in [0.717, 1.165) is 22.5 Å². The van der Waals surface area contributed by atoms with Gasteiger partial charge in [0.2, 0.25) is 11.6 Å². The molecule has 0 amide bonds. The van der Waals surface area contributed by atoms with E-state index in [1.807, 2.05) is 62.4 Å². The Morgan fingerprint density at radius 1 is 0.559 bits per heavy atom. The first-order chi connectivity index (χ1) is 16.3. The summed E-state index contributed by atoms with van der Waals surface area (Å²) in [5.74, 6) is -1.78. The highest BCUT2D eigenvalue weighted by Gasteiger charge is 2.38. The van der Waals surface area contributed by atoms with Crippen LogP contribution in [0.1, 0.15) is 43.0 Å². The molecule has 6 nitrogen and oxygen atoms in total. The average Bonchev–Trinajstić information content (AvgIpc) is 2.80. The van der Waals surface area contributed by atoms with Crippen molar-refractivity contribution < 1.29 is 19.8 Å². The molecule has 0 saturated heterocycles. The van der Waals surface area contributed by atoms with E-state index in [2.05, 4.69) is 10.6 Å². The van der Waals surface area contributed by atoms with Crippen LogP contribution in [0.15, 0.2) is 72.8 Å². The van der Waals surface area contributed by atoms with Crippen molar-refractivity contribution in [2.45, 2.75) is 13.8 Å². The van der Waals surface area contributed by atoms with Gasteiger partial charge in [-0.3, -0.25) is 9.59 Å². The topological polar surface area (TPSA) is 98.7 Å². The van der Waals surface area contributed by atoms with Gasteiger partial charge in [-0.25, -0.2) is 0 Å². The van der Waals surface area contributed by atoms with Crippen LogP contribution in [0, 0.1) is 13.8 Å². The van der Waals surface area contributed by atoms with E-state index < -0.39 is 11.6 Å². The molecule has 0 radical (unpaired) electrons. The van der Waals surface area contributed by atoms with E-state index in [1.54, 1.807) is 12.1 Å². The molecule has 4 aromatic carbocycles. The highest BCUT2D eigenvalue weighted by molar-refractivity contribution is 6.33. The number of carbonyl (C=O) groups is 2. The SMILES string of the molecule is Cc1cccc(Nc2ccc(Nc3cccc(C)c3)c3c2C(=O)c2c(O)ccc(O)c2C3=O)c1. The van der Waals surface area contributed by atoms with Crippen molar-refractivity contribution >= 4 is 34.3 Å². The van der Waals surface area contributed by atoms with Crippen LogP contribution in [0.5, 0.6) is 11.5 Å². The van der Waals surface area contributed by atoms with Crippen molar-refractivity contribution in [2.24, 2.45) is 0 Å². The summed E-state index contributed by atoms with van der Waals surface area (Å²) in [6.07, 6.45) is 0. The summed E-state index contributed by atoms with van der Waals surface area (Å²) in [4.78, 5) is 27.3. The van der Waals surface area contributed by atoms with Crippen molar-refractivity contribution in [3.63, 3.8) is 0 Å². The smallest absolute Gasteiger partial charge is 0.200 e. The summed E-state index contributed by atoms with van der Waals surface area (Å²) in [5, 5.41) is 27.3. The normalized spacial score (nSPS) is 12.2. The number of aryl methyl sites for hydroxylation is 2. The van der Waals surface area contributed by atoms with Gasteiger partial charge in [-0.05, 0) is 73.5 Å². The lowest BCUT2D eigenvalue weighted by molar-refractivity contribution is 0.0975. The lowest BCUT2D eigenvalue weighted by Crippen LogP contribution is -2.24. The second-order valence-electron chi connectivity index (χ2n) is 8.41. The van der Waals surface area contributed by atoms with Gasteiger partial charge in [0.15, 0.2) is 0 Å². The predicted octanol–water partition coefficient (Wildman–Crippen LogP) is 5.98. The Kier molecular flexibility index (Phi) is 5.06. The number of hydrogen-bond donors (Lipinski definition) is 4. The molecule has 1 aliphatic rings. The van der Waals surface area contributed by atoms with Gasteiger partial charge in [-0.1, -0.05) is 24.3 Å². The van der Waals surface area contributed by atoms with Crippen molar-refractivity contribution in [2.75, 3.05) is 10.6 Å². The maximum Gasteiger partial charge on any atom is 0.200 e. The van der Waals surface area contributed by atoms with Gasteiger partial charge in [-0.2, -0.15) is 0 Å². The molecule has 0 aliphatic heterocycles.